The zero-order valence-corrected chi connectivity index (χ0v) is 12.3. The van der Waals surface area contributed by atoms with Crippen molar-refractivity contribution >= 4 is 0 Å². The summed E-state index contributed by atoms with van der Waals surface area (Å²) in [6.07, 6.45) is 5.50. The molecule has 1 fully saturated rings. The molecule has 0 spiro atoms. The zero-order valence-electron chi connectivity index (χ0n) is 12.3. The number of rotatable bonds is 8. The first-order valence-corrected chi connectivity index (χ1v) is 7.59. The molecule has 2 nitrogen and oxygen atoms in total. The van der Waals surface area contributed by atoms with E-state index in [0.717, 1.165) is 18.4 Å². The van der Waals surface area contributed by atoms with E-state index in [4.69, 9.17) is 0 Å². The molecule has 1 rings (SSSR count). The normalized spacial score (nSPS) is 23.5. The molecule has 0 amide bonds. The predicted molar refractivity (Wildman–Crippen MR) is 76.4 cm³/mol. The summed E-state index contributed by atoms with van der Waals surface area (Å²) in [5.74, 6) is 1.82. The summed E-state index contributed by atoms with van der Waals surface area (Å²) >= 11 is 0. The van der Waals surface area contributed by atoms with Crippen molar-refractivity contribution in [2.45, 2.75) is 59.4 Å². The van der Waals surface area contributed by atoms with Gasteiger partial charge in [-0.3, -0.25) is 0 Å². The second-order valence-corrected chi connectivity index (χ2v) is 6.05. The van der Waals surface area contributed by atoms with E-state index >= 15 is 0 Å². The molecular formula is C15H32N2. The molecule has 1 aliphatic rings. The van der Waals surface area contributed by atoms with Gasteiger partial charge in [-0.05, 0) is 57.7 Å². The third-order valence-corrected chi connectivity index (χ3v) is 4.17. The summed E-state index contributed by atoms with van der Waals surface area (Å²) in [6, 6.07) is 0.696. The number of hydrogen-bond donors (Lipinski definition) is 1. The highest BCUT2D eigenvalue weighted by molar-refractivity contribution is 4.77. The van der Waals surface area contributed by atoms with Crippen LogP contribution in [0.5, 0.6) is 0 Å². The van der Waals surface area contributed by atoms with E-state index < -0.39 is 0 Å². The molecule has 0 bridgehead atoms. The van der Waals surface area contributed by atoms with Crippen molar-refractivity contribution in [1.29, 1.82) is 0 Å². The molecule has 1 N–H and O–H groups in total. The molecule has 1 heterocycles. The van der Waals surface area contributed by atoms with Gasteiger partial charge in [-0.1, -0.05) is 27.2 Å². The SMILES string of the molecule is CCNC(C)CCCCN1CCC(C(C)C)C1. The molecular weight excluding hydrogens is 208 g/mol. The largest absolute Gasteiger partial charge is 0.315 e. The minimum Gasteiger partial charge on any atom is -0.315 e. The molecule has 2 heteroatoms. The summed E-state index contributed by atoms with van der Waals surface area (Å²) in [5, 5.41) is 3.48. The lowest BCUT2D eigenvalue weighted by atomic mass is 9.95. The Morgan fingerprint density at radius 2 is 2.00 bits per heavy atom. The fourth-order valence-electron chi connectivity index (χ4n) is 2.85. The quantitative estimate of drug-likeness (QED) is 0.656. The van der Waals surface area contributed by atoms with E-state index in [-0.39, 0.29) is 0 Å². The van der Waals surface area contributed by atoms with Gasteiger partial charge < -0.3 is 10.2 Å². The lowest BCUT2D eigenvalue weighted by Crippen LogP contribution is -2.26. The Morgan fingerprint density at radius 1 is 1.24 bits per heavy atom. The molecule has 102 valence electrons. The molecule has 0 aromatic carbocycles. The molecule has 2 unspecified atom stereocenters. The molecule has 17 heavy (non-hydrogen) atoms. The van der Waals surface area contributed by atoms with Gasteiger partial charge in [-0.25, -0.2) is 0 Å². The Morgan fingerprint density at radius 3 is 2.59 bits per heavy atom. The molecule has 0 radical (unpaired) electrons. The second kappa shape index (κ2) is 8.10. The Balaban J connectivity index is 2.01. The highest BCUT2D eigenvalue weighted by Gasteiger charge is 2.23. The predicted octanol–water partition coefficient (Wildman–Crippen LogP) is 3.13. The molecule has 0 aromatic rings. The van der Waals surface area contributed by atoms with Crippen molar-refractivity contribution in [2.75, 3.05) is 26.2 Å². The summed E-state index contributed by atoms with van der Waals surface area (Å²) in [5.41, 5.74) is 0. The maximum atomic E-state index is 3.48. The lowest BCUT2D eigenvalue weighted by Gasteiger charge is -2.18. The van der Waals surface area contributed by atoms with Crippen LogP contribution in [0.25, 0.3) is 0 Å². The molecule has 1 saturated heterocycles. The smallest absolute Gasteiger partial charge is 0.00386 e. The van der Waals surface area contributed by atoms with Crippen molar-refractivity contribution < 1.29 is 0 Å². The van der Waals surface area contributed by atoms with E-state index in [1.165, 1.54) is 45.3 Å². The van der Waals surface area contributed by atoms with Gasteiger partial charge in [0.15, 0.2) is 0 Å². The summed E-state index contributed by atoms with van der Waals surface area (Å²) < 4.78 is 0. The first-order valence-electron chi connectivity index (χ1n) is 7.59. The summed E-state index contributed by atoms with van der Waals surface area (Å²) in [6.45, 7) is 14.3. The van der Waals surface area contributed by atoms with E-state index in [9.17, 15) is 0 Å². The van der Waals surface area contributed by atoms with Crippen LogP contribution in [-0.4, -0.2) is 37.1 Å². The summed E-state index contributed by atoms with van der Waals surface area (Å²) in [4.78, 5) is 2.67. The lowest BCUT2D eigenvalue weighted by molar-refractivity contribution is 0.294. The summed E-state index contributed by atoms with van der Waals surface area (Å²) in [7, 11) is 0. The number of hydrogen-bond acceptors (Lipinski definition) is 2. The number of nitrogens with one attached hydrogen (secondary N) is 1. The van der Waals surface area contributed by atoms with Gasteiger partial charge in [0.2, 0.25) is 0 Å². The van der Waals surface area contributed by atoms with Crippen LogP contribution in [0.15, 0.2) is 0 Å². The monoisotopic (exact) mass is 240 g/mol. The Bertz CT molecular complexity index is 191. The third-order valence-electron chi connectivity index (χ3n) is 4.17. The van der Waals surface area contributed by atoms with Crippen LogP contribution in [0, 0.1) is 11.8 Å². The van der Waals surface area contributed by atoms with E-state index in [1.807, 2.05) is 0 Å². The standard InChI is InChI=1S/C15H32N2/c1-5-16-14(4)8-6-7-10-17-11-9-15(12-17)13(2)3/h13-16H,5-12H2,1-4H3. The van der Waals surface area contributed by atoms with Crippen molar-refractivity contribution in [3.05, 3.63) is 0 Å². The number of likely N-dealkylation sites (tertiary alicyclic amines) is 1. The van der Waals surface area contributed by atoms with Crippen molar-refractivity contribution in [3.63, 3.8) is 0 Å². The van der Waals surface area contributed by atoms with Crippen molar-refractivity contribution in [2.24, 2.45) is 11.8 Å². The fourth-order valence-corrected chi connectivity index (χ4v) is 2.85. The van der Waals surface area contributed by atoms with Crippen LogP contribution in [0.4, 0.5) is 0 Å². The maximum Gasteiger partial charge on any atom is 0.00386 e. The first-order chi connectivity index (χ1) is 8.13. The van der Waals surface area contributed by atoms with Gasteiger partial charge in [-0.15, -0.1) is 0 Å². The van der Waals surface area contributed by atoms with Crippen molar-refractivity contribution in [3.8, 4) is 0 Å². The average molecular weight is 240 g/mol. The fraction of sp³-hybridized carbons (Fsp3) is 1.00. The van der Waals surface area contributed by atoms with Gasteiger partial charge in [0.25, 0.3) is 0 Å². The van der Waals surface area contributed by atoms with Gasteiger partial charge in [0.05, 0.1) is 0 Å². The van der Waals surface area contributed by atoms with Crippen LogP contribution < -0.4 is 5.32 Å². The zero-order chi connectivity index (χ0) is 12.7. The number of unbranched alkanes of at least 4 members (excludes halogenated alkanes) is 1. The van der Waals surface area contributed by atoms with Crippen LogP contribution in [0.2, 0.25) is 0 Å². The van der Waals surface area contributed by atoms with Crippen LogP contribution in [-0.2, 0) is 0 Å². The average Bonchev–Trinajstić information content (AvgIpc) is 2.73. The molecule has 0 saturated carbocycles. The van der Waals surface area contributed by atoms with Crippen molar-refractivity contribution in [1.82, 2.24) is 10.2 Å². The first kappa shape index (κ1) is 15.0. The van der Waals surface area contributed by atoms with Crippen LogP contribution >= 0.6 is 0 Å². The highest BCUT2D eigenvalue weighted by atomic mass is 15.1. The van der Waals surface area contributed by atoms with Gasteiger partial charge in [0, 0.05) is 12.6 Å². The number of nitrogens with zero attached hydrogens (tertiary/aromatic N) is 1. The Hall–Kier alpha value is -0.0800. The minimum atomic E-state index is 0.696. The van der Waals surface area contributed by atoms with Gasteiger partial charge in [-0.2, -0.15) is 0 Å². The van der Waals surface area contributed by atoms with Gasteiger partial charge in [0.1, 0.15) is 0 Å². The molecule has 2 atom stereocenters. The second-order valence-electron chi connectivity index (χ2n) is 6.05. The Kier molecular flexibility index (Phi) is 7.14. The highest BCUT2D eigenvalue weighted by Crippen LogP contribution is 2.23. The molecule has 0 aromatic heterocycles. The minimum absolute atomic E-state index is 0.696. The topological polar surface area (TPSA) is 15.3 Å². The maximum absolute atomic E-state index is 3.48. The molecule has 0 aliphatic carbocycles. The van der Waals surface area contributed by atoms with E-state index in [2.05, 4.69) is 37.9 Å². The molecule has 1 aliphatic heterocycles. The third kappa shape index (κ3) is 5.87. The van der Waals surface area contributed by atoms with Crippen LogP contribution in [0.1, 0.15) is 53.4 Å². The van der Waals surface area contributed by atoms with Gasteiger partial charge >= 0.3 is 0 Å². The van der Waals surface area contributed by atoms with E-state index in [1.54, 1.807) is 0 Å². The van der Waals surface area contributed by atoms with E-state index in [0.29, 0.717) is 6.04 Å². The Labute approximate surface area is 108 Å². The van der Waals surface area contributed by atoms with Crippen LogP contribution in [0.3, 0.4) is 0 Å².